The smallest absolute Gasteiger partial charge is 0.221 e. The van der Waals surface area contributed by atoms with E-state index >= 15 is 0 Å². The van der Waals surface area contributed by atoms with Gasteiger partial charge < -0.3 is 9.40 Å². The fraction of sp³-hybridized carbons (Fsp3) is 0.474. The zero-order valence-corrected chi connectivity index (χ0v) is 14.3. The second kappa shape index (κ2) is 6.40. The fourth-order valence-corrected chi connectivity index (χ4v) is 3.83. The number of piperidine rings is 1. The van der Waals surface area contributed by atoms with Gasteiger partial charge in [-0.05, 0) is 44.0 Å². The molecule has 2 atom stereocenters. The predicted octanol–water partition coefficient (Wildman–Crippen LogP) is 3.88. The maximum Gasteiger partial charge on any atom is 0.221 e. The summed E-state index contributed by atoms with van der Waals surface area (Å²) in [6.45, 7) is 6.41. The fourth-order valence-electron chi connectivity index (χ4n) is 3.83. The molecule has 1 aliphatic rings. The van der Waals surface area contributed by atoms with Crippen molar-refractivity contribution in [1.82, 2.24) is 20.1 Å². The van der Waals surface area contributed by atoms with E-state index in [2.05, 4.69) is 51.3 Å². The number of H-pyrrole nitrogens is 1. The van der Waals surface area contributed by atoms with E-state index in [0.29, 0.717) is 12.0 Å². The third-order valence-electron chi connectivity index (χ3n) is 5.28. The Hall–Kier alpha value is -2.14. The predicted molar refractivity (Wildman–Crippen MR) is 93.8 cm³/mol. The van der Waals surface area contributed by atoms with Crippen molar-refractivity contribution in [3.05, 3.63) is 47.8 Å². The number of aryl methyl sites for hydroxylation is 1. The molecule has 1 aromatic carbocycles. The van der Waals surface area contributed by atoms with Gasteiger partial charge in [0.05, 0.1) is 5.92 Å². The molecule has 5 heteroatoms. The molecule has 0 amide bonds. The third kappa shape index (κ3) is 2.73. The Balaban J connectivity index is 1.56. The van der Waals surface area contributed by atoms with Crippen molar-refractivity contribution in [3.8, 4) is 0 Å². The normalized spacial score (nSPS) is 22.2. The van der Waals surface area contributed by atoms with Crippen LogP contribution in [0.15, 0.2) is 34.9 Å². The van der Waals surface area contributed by atoms with Crippen molar-refractivity contribution < 1.29 is 4.42 Å². The van der Waals surface area contributed by atoms with Crippen molar-refractivity contribution in [1.29, 1.82) is 0 Å². The molecule has 1 fully saturated rings. The van der Waals surface area contributed by atoms with Gasteiger partial charge in [0.25, 0.3) is 0 Å². The molecule has 4 rings (SSSR count). The van der Waals surface area contributed by atoms with Gasteiger partial charge in [-0.3, -0.25) is 4.90 Å². The average Bonchev–Trinajstić information content (AvgIpc) is 3.26. The van der Waals surface area contributed by atoms with Gasteiger partial charge in [0.15, 0.2) is 0 Å². The van der Waals surface area contributed by atoms with Gasteiger partial charge in [-0.25, -0.2) is 0 Å². The molecule has 1 N–H and O–H groups in total. The first-order chi connectivity index (χ1) is 11.8. The summed E-state index contributed by atoms with van der Waals surface area (Å²) >= 11 is 0. The van der Waals surface area contributed by atoms with Gasteiger partial charge >= 0.3 is 0 Å². The van der Waals surface area contributed by atoms with Crippen molar-refractivity contribution in [2.75, 3.05) is 6.54 Å². The summed E-state index contributed by atoms with van der Waals surface area (Å²) in [5.41, 5.74) is 2.58. The van der Waals surface area contributed by atoms with Gasteiger partial charge in [-0.15, -0.1) is 10.2 Å². The molecule has 3 heterocycles. The number of fused-ring (bicyclic) bond motifs is 1. The maximum absolute atomic E-state index is 5.85. The summed E-state index contributed by atoms with van der Waals surface area (Å²) < 4.78 is 5.85. The van der Waals surface area contributed by atoms with Crippen LogP contribution in [0.3, 0.4) is 0 Å². The quantitative estimate of drug-likeness (QED) is 0.791. The molecule has 1 aliphatic heterocycles. The SMILES string of the molecule is CCc1nnc([C@H]2CCCN(Cc3cccc4[nH]ccc34)[C@H]2C)o1. The Morgan fingerprint density at radius 1 is 1.29 bits per heavy atom. The lowest BCUT2D eigenvalue weighted by atomic mass is 9.89. The molecule has 2 aromatic heterocycles. The maximum atomic E-state index is 5.85. The van der Waals surface area contributed by atoms with Crippen LogP contribution >= 0.6 is 0 Å². The minimum Gasteiger partial charge on any atom is -0.425 e. The van der Waals surface area contributed by atoms with Crippen LogP contribution < -0.4 is 0 Å². The van der Waals surface area contributed by atoms with Crippen molar-refractivity contribution >= 4 is 10.9 Å². The number of benzene rings is 1. The first-order valence-corrected chi connectivity index (χ1v) is 8.87. The summed E-state index contributed by atoms with van der Waals surface area (Å²) in [6, 6.07) is 9.06. The first-order valence-electron chi connectivity index (χ1n) is 8.87. The van der Waals surface area contributed by atoms with Crippen LogP contribution in [0.2, 0.25) is 0 Å². The third-order valence-corrected chi connectivity index (χ3v) is 5.28. The highest BCUT2D eigenvalue weighted by Gasteiger charge is 2.32. The molecule has 24 heavy (non-hydrogen) atoms. The van der Waals surface area contributed by atoms with E-state index in [9.17, 15) is 0 Å². The minimum absolute atomic E-state index is 0.331. The summed E-state index contributed by atoms with van der Waals surface area (Å²) in [6.07, 6.45) is 5.11. The molecule has 0 radical (unpaired) electrons. The van der Waals surface area contributed by atoms with Crippen molar-refractivity contribution in [2.45, 2.75) is 51.6 Å². The minimum atomic E-state index is 0.331. The summed E-state index contributed by atoms with van der Waals surface area (Å²) in [5.74, 6) is 1.88. The first kappa shape index (κ1) is 15.4. The number of nitrogens with zero attached hydrogens (tertiary/aromatic N) is 3. The number of hydrogen-bond acceptors (Lipinski definition) is 4. The van der Waals surface area contributed by atoms with E-state index in [1.54, 1.807) is 0 Å². The van der Waals surface area contributed by atoms with Crippen LogP contribution in [0.25, 0.3) is 10.9 Å². The van der Waals surface area contributed by atoms with Gasteiger partial charge in [0.1, 0.15) is 0 Å². The van der Waals surface area contributed by atoms with Crippen LogP contribution in [0.1, 0.15) is 50.0 Å². The van der Waals surface area contributed by atoms with Crippen LogP contribution in [0.5, 0.6) is 0 Å². The number of aromatic nitrogens is 3. The summed E-state index contributed by atoms with van der Waals surface area (Å²) in [7, 11) is 0. The average molecular weight is 324 g/mol. The van der Waals surface area contributed by atoms with Gasteiger partial charge in [-0.2, -0.15) is 0 Å². The van der Waals surface area contributed by atoms with Gasteiger partial charge in [-0.1, -0.05) is 19.1 Å². The topological polar surface area (TPSA) is 58.0 Å². The molecule has 0 bridgehead atoms. The number of hydrogen-bond donors (Lipinski definition) is 1. The van der Waals surface area contributed by atoms with Gasteiger partial charge in [0, 0.05) is 36.1 Å². The molecule has 3 aromatic rings. The number of likely N-dealkylation sites (tertiary alicyclic amines) is 1. The summed E-state index contributed by atoms with van der Waals surface area (Å²) in [5, 5.41) is 9.76. The largest absolute Gasteiger partial charge is 0.425 e. The Bertz CT molecular complexity index is 822. The standard InChI is InChI=1S/C19H24N4O/c1-3-18-21-22-19(24-18)15-7-5-11-23(13(15)2)12-14-6-4-8-17-16(14)9-10-20-17/h4,6,8-10,13,15,20H,3,5,7,11-12H2,1-2H3/t13-,15-/m0/s1. The van der Waals surface area contributed by atoms with Gasteiger partial charge in [0.2, 0.25) is 11.8 Å². The lowest BCUT2D eigenvalue weighted by Crippen LogP contribution is -2.41. The molecular weight excluding hydrogens is 300 g/mol. The van der Waals surface area contributed by atoms with Crippen LogP contribution in [-0.4, -0.2) is 32.7 Å². The Morgan fingerprint density at radius 3 is 3.04 bits per heavy atom. The second-order valence-electron chi connectivity index (χ2n) is 6.70. The summed E-state index contributed by atoms with van der Waals surface area (Å²) in [4.78, 5) is 5.85. The molecule has 5 nitrogen and oxygen atoms in total. The zero-order chi connectivity index (χ0) is 16.5. The van der Waals surface area contributed by atoms with E-state index in [1.165, 1.54) is 22.9 Å². The van der Waals surface area contributed by atoms with E-state index < -0.39 is 0 Å². The molecule has 0 unspecified atom stereocenters. The lowest BCUT2D eigenvalue weighted by molar-refractivity contribution is 0.119. The van der Waals surface area contributed by atoms with Crippen LogP contribution in [0.4, 0.5) is 0 Å². The Kier molecular flexibility index (Phi) is 4.10. The van der Waals surface area contributed by atoms with Crippen LogP contribution in [0, 0.1) is 0 Å². The van der Waals surface area contributed by atoms with Crippen molar-refractivity contribution in [2.24, 2.45) is 0 Å². The molecule has 0 aliphatic carbocycles. The lowest BCUT2D eigenvalue weighted by Gasteiger charge is -2.38. The second-order valence-corrected chi connectivity index (χ2v) is 6.70. The highest BCUT2D eigenvalue weighted by atomic mass is 16.4. The molecule has 0 spiro atoms. The van der Waals surface area contributed by atoms with Crippen LogP contribution in [-0.2, 0) is 13.0 Å². The molecule has 126 valence electrons. The van der Waals surface area contributed by atoms with E-state index in [1.807, 2.05) is 13.1 Å². The molecule has 1 saturated heterocycles. The number of nitrogens with one attached hydrogen (secondary N) is 1. The monoisotopic (exact) mass is 324 g/mol. The molecular formula is C19H24N4O. The Labute approximate surface area is 142 Å². The highest BCUT2D eigenvalue weighted by molar-refractivity contribution is 5.82. The van der Waals surface area contributed by atoms with E-state index in [0.717, 1.165) is 37.7 Å². The Morgan fingerprint density at radius 2 is 2.21 bits per heavy atom. The number of aromatic amines is 1. The van der Waals surface area contributed by atoms with Crippen molar-refractivity contribution in [3.63, 3.8) is 0 Å². The highest BCUT2D eigenvalue weighted by Crippen LogP contribution is 2.33. The van der Waals surface area contributed by atoms with E-state index in [-0.39, 0.29) is 0 Å². The zero-order valence-electron chi connectivity index (χ0n) is 14.3. The van der Waals surface area contributed by atoms with E-state index in [4.69, 9.17) is 4.42 Å². The number of rotatable bonds is 4. The molecule has 0 saturated carbocycles.